The molecule has 0 radical (unpaired) electrons. The summed E-state index contributed by atoms with van der Waals surface area (Å²) in [6, 6.07) is 3.56. The Morgan fingerprint density at radius 2 is 1.78 bits per heavy atom. The predicted octanol–water partition coefficient (Wildman–Crippen LogP) is 4.05. The van der Waals surface area contributed by atoms with Crippen LogP contribution in [0.1, 0.15) is 45.1 Å². The van der Waals surface area contributed by atoms with Gasteiger partial charge in [-0.05, 0) is 36.5 Å². The van der Waals surface area contributed by atoms with Crippen LogP contribution in [0, 0.1) is 5.41 Å². The van der Waals surface area contributed by atoms with Crippen molar-refractivity contribution in [3.8, 4) is 17.2 Å². The fourth-order valence-electron chi connectivity index (χ4n) is 4.52. The highest BCUT2D eigenvalue weighted by molar-refractivity contribution is 6.04. The van der Waals surface area contributed by atoms with Crippen molar-refractivity contribution < 1.29 is 28.5 Å². The van der Waals surface area contributed by atoms with Crippen molar-refractivity contribution in [2.24, 2.45) is 5.41 Å². The van der Waals surface area contributed by atoms with Crippen LogP contribution < -0.4 is 19.5 Å². The quantitative estimate of drug-likeness (QED) is 0.505. The fraction of sp³-hybridized carbons (Fsp3) is 0.440. The van der Waals surface area contributed by atoms with E-state index in [1.165, 1.54) is 27.4 Å². The summed E-state index contributed by atoms with van der Waals surface area (Å²) < 4.78 is 21.9. The molecular formula is C25H31NO6. The van der Waals surface area contributed by atoms with E-state index >= 15 is 0 Å². The predicted molar refractivity (Wildman–Crippen MR) is 121 cm³/mol. The van der Waals surface area contributed by atoms with Crippen LogP contribution in [0.25, 0.3) is 0 Å². The van der Waals surface area contributed by atoms with Crippen LogP contribution in [0.15, 0.2) is 47.3 Å². The Kier molecular flexibility index (Phi) is 6.67. The van der Waals surface area contributed by atoms with Crippen LogP contribution in [0.4, 0.5) is 0 Å². The number of rotatable bonds is 7. The molecule has 172 valence electrons. The van der Waals surface area contributed by atoms with Crippen molar-refractivity contribution in [3.05, 3.63) is 52.9 Å². The molecule has 0 spiro atoms. The second-order valence-electron chi connectivity index (χ2n) is 8.78. The molecular weight excluding hydrogens is 410 g/mol. The number of Topliss-reactive ketones (excluding diaryl/α,β-unsaturated/α-hetero) is 1. The van der Waals surface area contributed by atoms with Gasteiger partial charge in [-0.25, -0.2) is 4.79 Å². The van der Waals surface area contributed by atoms with Crippen molar-refractivity contribution in [1.29, 1.82) is 0 Å². The van der Waals surface area contributed by atoms with Gasteiger partial charge in [0, 0.05) is 29.3 Å². The van der Waals surface area contributed by atoms with Gasteiger partial charge in [0.2, 0.25) is 5.75 Å². The second-order valence-corrected chi connectivity index (χ2v) is 8.78. The van der Waals surface area contributed by atoms with E-state index in [0.717, 1.165) is 5.70 Å². The number of esters is 1. The molecule has 1 atom stereocenters. The number of hydrogen-bond acceptors (Lipinski definition) is 7. The van der Waals surface area contributed by atoms with E-state index in [0.29, 0.717) is 52.5 Å². The van der Waals surface area contributed by atoms with Gasteiger partial charge in [0.15, 0.2) is 17.3 Å². The highest BCUT2D eigenvalue weighted by Crippen LogP contribution is 2.49. The Labute approximate surface area is 189 Å². The lowest BCUT2D eigenvalue weighted by molar-refractivity contribution is -0.138. The van der Waals surface area contributed by atoms with Crippen molar-refractivity contribution in [2.75, 3.05) is 27.9 Å². The van der Waals surface area contributed by atoms with Crippen LogP contribution in [0.3, 0.4) is 0 Å². The minimum Gasteiger partial charge on any atom is -0.493 e. The lowest BCUT2D eigenvalue weighted by Gasteiger charge is -2.39. The monoisotopic (exact) mass is 441 g/mol. The van der Waals surface area contributed by atoms with Crippen molar-refractivity contribution in [3.63, 3.8) is 0 Å². The van der Waals surface area contributed by atoms with E-state index in [-0.39, 0.29) is 17.8 Å². The van der Waals surface area contributed by atoms with Gasteiger partial charge < -0.3 is 24.3 Å². The largest absolute Gasteiger partial charge is 0.493 e. The molecule has 0 amide bonds. The average molecular weight is 442 g/mol. The second kappa shape index (κ2) is 9.10. The standard InChI is InChI=1S/C25H31NO6/c1-8-9-32-24(28)20-14(2)26-16-12-25(3,4)13-17(27)22(16)21(20)15-10-18(29-5)23(31-7)19(11-15)30-6/h8,10-11,21,26H,1,9,12-13H2,2-7H3. The lowest BCUT2D eigenvalue weighted by Crippen LogP contribution is -2.38. The number of allylic oxidation sites excluding steroid dienone is 3. The molecule has 0 bridgehead atoms. The van der Waals surface area contributed by atoms with Crippen LogP contribution in [0.5, 0.6) is 17.2 Å². The molecule has 0 fully saturated rings. The number of benzene rings is 1. The molecule has 2 aliphatic rings. The third-order valence-corrected chi connectivity index (χ3v) is 5.81. The SMILES string of the molecule is C=CCOC(=O)C1=C(C)NC2=C(C(=O)CC(C)(C)C2)C1c1cc(OC)c(OC)c(OC)c1. The van der Waals surface area contributed by atoms with E-state index in [1.807, 2.05) is 6.92 Å². The summed E-state index contributed by atoms with van der Waals surface area (Å²) in [5.74, 6) is 0.211. The molecule has 1 heterocycles. The molecule has 3 rings (SSSR count). The topological polar surface area (TPSA) is 83.1 Å². The van der Waals surface area contributed by atoms with Gasteiger partial charge in [-0.2, -0.15) is 0 Å². The highest BCUT2D eigenvalue weighted by atomic mass is 16.5. The Morgan fingerprint density at radius 1 is 1.16 bits per heavy atom. The Bertz CT molecular complexity index is 992. The van der Waals surface area contributed by atoms with Crippen LogP contribution >= 0.6 is 0 Å². The minimum absolute atomic E-state index is 0.00372. The summed E-state index contributed by atoms with van der Waals surface area (Å²) in [5.41, 5.74) is 2.96. The molecule has 1 N–H and O–H groups in total. The van der Waals surface area contributed by atoms with E-state index < -0.39 is 11.9 Å². The molecule has 0 saturated carbocycles. The number of carbonyl (C=O) groups is 2. The summed E-state index contributed by atoms with van der Waals surface area (Å²) in [6.45, 7) is 9.65. The Balaban J connectivity index is 2.26. The van der Waals surface area contributed by atoms with Gasteiger partial charge in [-0.15, -0.1) is 0 Å². The van der Waals surface area contributed by atoms with Crippen LogP contribution in [-0.4, -0.2) is 39.7 Å². The first-order valence-corrected chi connectivity index (χ1v) is 10.5. The molecule has 0 saturated heterocycles. The normalized spacial score (nSPS) is 19.7. The molecule has 1 aromatic rings. The van der Waals surface area contributed by atoms with E-state index in [2.05, 4.69) is 25.7 Å². The molecule has 1 unspecified atom stereocenters. The summed E-state index contributed by atoms with van der Waals surface area (Å²) in [7, 11) is 4.59. The van der Waals surface area contributed by atoms with Gasteiger partial charge in [0.1, 0.15) is 6.61 Å². The third kappa shape index (κ3) is 4.24. The van der Waals surface area contributed by atoms with E-state index in [1.54, 1.807) is 12.1 Å². The zero-order valence-corrected chi connectivity index (χ0v) is 19.6. The Morgan fingerprint density at radius 3 is 2.31 bits per heavy atom. The third-order valence-electron chi connectivity index (χ3n) is 5.81. The number of hydrogen-bond donors (Lipinski definition) is 1. The maximum absolute atomic E-state index is 13.4. The molecule has 1 aliphatic heterocycles. The zero-order valence-electron chi connectivity index (χ0n) is 19.6. The van der Waals surface area contributed by atoms with Gasteiger partial charge in [0.05, 0.1) is 26.9 Å². The molecule has 1 aliphatic carbocycles. The average Bonchev–Trinajstić information content (AvgIpc) is 2.74. The number of ether oxygens (including phenoxy) is 4. The van der Waals surface area contributed by atoms with Crippen molar-refractivity contribution >= 4 is 11.8 Å². The number of dihydropyridines is 1. The van der Waals surface area contributed by atoms with Gasteiger partial charge in [0.25, 0.3) is 0 Å². The van der Waals surface area contributed by atoms with Gasteiger partial charge in [-0.1, -0.05) is 26.5 Å². The highest BCUT2D eigenvalue weighted by Gasteiger charge is 2.43. The molecule has 7 nitrogen and oxygen atoms in total. The van der Waals surface area contributed by atoms with Gasteiger partial charge >= 0.3 is 5.97 Å². The molecule has 0 aromatic heterocycles. The number of methoxy groups -OCH3 is 3. The first-order valence-electron chi connectivity index (χ1n) is 10.5. The fourth-order valence-corrected chi connectivity index (χ4v) is 4.52. The number of carbonyl (C=O) groups excluding carboxylic acids is 2. The van der Waals surface area contributed by atoms with Crippen LogP contribution in [-0.2, 0) is 14.3 Å². The number of nitrogens with one attached hydrogen (secondary N) is 1. The van der Waals surface area contributed by atoms with E-state index in [4.69, 9.17) is 18.9 Å². The molecule has 1 aromatic carbocycles. The van der Waals surface area contributed by atoms with Gasteiger partial charge in [-0.3, -0.25) is 4.79 Å². The molecule has 7 heteroatoms. The summed E-state index contributed by atoms with van der Waals surface area (Å²) >= 11 is 0. The summed E-state index contributed by atoms with van der Waals surface area (Å²) in [6.07, 6.45) is 2.60. The maximum atomic E-state index is 13.4. The van der Waals surface area contributed by atoms with Crippen molar-refractivity contribution in [1.82, 2.24) is 5.32 Å². The summed E-state index contributed by atoms with van der Waals surface area (Å²) in [5, 5.41) is 3.32. The number of ketones is 1. The Hall–Kier alpha value is -3.22. The van der Waals surface area contributed by atoms with Crippen molar-refractivity contribution in [2.45, 2.75) is 39.5 Å². The zero-order chi connectivity index (χ0) is 23.6. The summed E-state index contributed by atoms with van der Waals surface area (Å²) in [4.78, 5) is 26.5. The van der Waals surface area contributed by atoms with E-state index in [9.17, 15) is 9.59 Å². The molecule has 32 heavy (non-hydrogen) atoms. The van der Waals surface area contributed by atoms with Crippen LogP contribution in [0.2, 0.25) is 0 Å². The lowest BCUT2D eigenvalue weighted by atomic mass is 9.68. The maximum Gasteiger partial charge on any atom is 0.337 e. The first kappa shape index (κ1) is 23.4. The minimum atomic E-state index is -0.624. The smallest absolute Gasteiger partial charge is 0.337 e. The first-order chi connectivity index (χ1) is 15.2.